The molecule has 1 saturated heterocycles. The Hall–Kier alpha value is -0.120. The fourth-order valence-corrected chi connectivity index (χ4v) is 0.144. The molecule has 0 saturated carbocycles. The van der Waals surface area contributed by atoms with Crippen molar-refractivity contribution >= 4 is 0 Å². The van der Waals surface area contributed by atoms with Crippen molar-refractivity contribution in [2.45, 2.75) is 6.42 Å². The van der Waals surface area contributed by atoms with Crippen LogP contribution in [0, 0.1) is 0 Å². The summed E-state index contributed by atoms with van der Waals surface area (Å²) in [7, 11) is 0. The third kappa shape index (κ3) is 5.88. The van der Waals surface area contributed by atoms with E-state index in [2.05, 4.69) is 0 Å². The third-order valence-corrected chi connectivity index (χ3v) is 0.677. The van der Waals surface area contributed by atoms with Crippen molar-refractivity contribution in [2.75, 3.05) is 26.4 Å². The molecule has 0 unspecified atom stereocenters. The van der Waals surface area contributed by atoms with E-state index in [9.17, 15) is 0 Å². The van der Waals surface area contributed by atoms with Crippen molar-refractivity contribution in [2.24, 2.45) is 0 Å². The molecule has 0 radical (unpaired) electrons. The summed E-state index contributed by atoms with van der Waals surface area (Å²) in [6.45, 7) is 1.75. The Morgan fingerprint density at radius 2 is 1.38 bits per heavy atom. The van der Waals surface area contributed by atoms with E-state index in [1.54, 1.807) is 0 Å². The van der Waals surface area contributed by atoms with E-state index in [1.807, 2.05) is 0 Å². The number of ether oxygens (including phenoxy) is 1. The molecule has 3 nitrogen and oxygen atoms in total. The molecule has 1 aliphatic heterocycles. The molecule has 1 rings (SSSR count). The van der Waals surface area contributed by atoms with Gasteiger partial charge in [-0.15, -0.1) is 0 Å². The monoisotopic (exact) mass is 120 g/mol. The summed E-state index contributed by atoms with van der Waals surface area (Å²) in [5.41, 5.74) is 0. The predicted octanol–water partition coefficient (Wildman–Crippen LogP) is -0.622. The lowest BCUT2D eigenvalue weighted by molar-refractivity contribution is 0.0367. The zero-order valence-corrected chi connectivity index (χ0v) is 4.84. The number of rotatable bonds is 1. The standard InChI is InChI=1S/C3H6O.C2H6O2/c1-2-4-3-1;3-1-2-4/h1-3H2;3-4H,1-2H2. The molecule has 0 aromatic rings. The zero-order chi connectivity index (χ0) is 6.24. The highest BCUT2D eigenvalue weighted by Gasteiger charge is 1.94. The van der Waals surface area contributed by atoms with Gasteiger partial charge in [0.1, 0.15) is 0 Å². The molecule has 50 valence electrons. The van der Waals surface area contributed by atoms with Crippen LogP contribution in [0.15, 0.2) is 0 Å². The molecule has 8 heavy (non-hydrogen) atoms. The fourth-order valence-electron chi connectivity index (χ4n) is 0.144. The summed E-state index contributed by atoms with van der Waals surface area (Å²) < 4.78 is 4.72. The molecule has 0 aromatic heterocycles. The minimum absolute atomic E-state index is 0.125. The second-order valence-corrected chi connectivity index (χ2v) is 1.41. The largest absolute Gasteiger partial charge is 0.394 e. The van der Waals surface area contributed by atoms with Crippen LogP contribution in [0.5, 0.6) is 0 Å². The van der Waals surface area contributed by atoms with Crippen LogP contribution in [-0.4, -0.2) is 36.6 Å². The molecule has 0 amide bonds. The van der Waals surface area contributed by atoms with Crippen molar-refractivity contribution in [3.63, 3.8) is 0 Å². The number of hydrogen-bond acceptors (Lipinski definition) is 3. The van der Waals surface area contributed by atoms with Gasteiger partial charge in [-0.05, 0) is 6.42 Å². The first-order valence-corrected chi connectivity index (χ1v) is 2.71. The van der Waals surface area contributed by atoms with Crippen LogP contribution < -0.4 is 0 Å². The van der Waals surface area contributed by atoms with E-state index < -0.39 is 0 Å². The first-order valence-electron chi connectivity index (χ1n) is 2.71. The second kappa shape index (κ2) is 6.88. The number of hydrogen-bond donors (Lipinski definition) is 2. The van der Waals surface area contributed by atoms with E-state index in [0.717, 1.165) is 13.2 Å². The predicted molar refractivity (Wildman–Crippen MR) is 29.6 cm³/mol. The van der Waals surface area contributed by atoms with Crippen molar-refractivity contribution in [3.8, 4) is 0 Å². The van der Waals surface area contributed by atoms with Gasteiger partial charge in [0.15, 0.2) is 0 Å². The summed E-state index contributed by atoms with van der Waals surface area (Å²) in [6.07, 6.45) is 1.28. The second-order valence-electron chi connectivity index (χ2n) is 1.41. The van der Waals surface area contributed by atoms with E-state index in [0.29, 0.717) is 0 Å². The highest BCUT2D eigenvalue weighted by molar-refractivity contribution is 4.41. The van der Waals surface area contributed by atoms with E-state index >= 15 is 0 Å². The lowest BCUT2D eigenvalue weighted by Crippen LogP contribution is -2.09. The van der Waals surface area contributed by atoms with Crippen LogP contribution in [-0.2, 0) is 4.74 Å². The van der Waals surface area contributed by atoms with Gasteiger partial charge in [-0.25, -0.2) is 0 Å². The molecule has 0 spiro atoms. The number of aliphatic hydroxyl groups is 2. The van der Waals surface area contributed by atoms with E-state index in [4.69, 9.17) is 14.9 Å². The smallest absolute Gasteiger partial charge is 0.0662 e. The average molecular weight is 120 g/mol. The third-order valence-electron chi connectivity index (χ3n) is 0.677. The Kier molecular flexibility index (Phi) is 6.78. The van der Waals surface area contributed by atoms with Crippen LogP contribution in [0.3, 0.4) is 0 Å². The van der Waals surface area contributed by atoms with Gasteiger partial charge in [0.05, 0.1) is 13.2 Å². The summed E-state index contributed by atoms with van der Waals surface area (Å²) >= 11 is 0. The van der Waals surface area contributed by atoms with Crippen LogP contribution >= 0.6 is 0 Å². The quantitative estimate of drug-likeness (QED) is 0.484. The van der Waals surface area contributed by atoms with Gasteiger partial charge >= 0.3 is 0 Å². The van der Waals surface area contributed by atoms with Crippen LogP contribution in [0.4, 0.5) is 0 Å². The highest BCUT2D eigenvalue weighted by Crippen LogP contribution is 1.93. The maximum absolute atomic E-state index is 7.62. The van der Waals surface area contributed by atoms with Crippen LogP contribution in [0.25, 0.3) is 0 Å². The minimum Gasteiger partial charge on any atom is -0.394 e. The molecule has 1 fully saturated rings. The fraction of sp³-hybridized carbons (Fsp3) is 1.00. The molecule has 1 heterocycles. The Morgan fingerprint density at radius 3 is 1.38 bits per heavy atom. The van der Waals surface area contributed by atoms with E-state index in [-0.39, 0.29) is 13.2 Å². The van der Waals surface area contributed by atoms with Gasteiger partial charge in [-0.3, -0.25) is 0 Å². The molecule has 3 heteroatoms. The summed E-state index contributed by atoms with van der Waals surface area (Å²) in [5.74, 6) is 0. The molecule has 1 aliphatic rings. The minimum atomic E-state index is -0.125. The van der Waals surface area contributed by atoms with Gasteiger partial charge in [0, 0.05) is 13.2 Å². The molecule has 0 atom stereocenters. The average Bonchev–Trinajstić information content (AvgIpc) is 1.61. The lowest BCUT2D eigenvalue weighted by atomic mass is 10.4. The molecule has 0 aromatic carbocycles. The Bertz CT molecular complexity index is 28.7. The number of aliphatic hydroxyl groups excluding tert-OH is 2. The van der Waals surface area contributed by atoms with Crippen molar-refractivity contribution in [3.05, 3.63) is 0 Å². The molecular formula is C5H12O3. The van der Waals surface area contributed by atoms with Crippen molar-refractivity contribution in [1.82, 2.24) is 0 Å². The Morgan fingerprint density at radius 1 is 1.12 bits per heavy atom. The SMILES string of the molecule is C1COC1.OCCO. The first kappa shape index (κ1) is 7.88. The zero-order valence-electron chi connectivity index (χ0n) is 4.84. The van der Waals surface area contributed by atoms with Crippen molar-refractivity contribution < 1.29 is 14.9 Å². The Labute approximate surface area is 48.9 Å². The van der Waals surface area contributed by atoms with Gasteiger partial charge in [-0.1, -0.05) is 0 Å². The van der Waals surface area contributed by atoms with Gasteiger partial charge < -0.3 is 14.9 Å². The topological polar surface area (TPSA) is 49.7 Å². The van der Waals surface area contributed by atoms with Crippen LogP contribution in [0.2, 0.25) is 0 Å². The molecule has 0 bridgehead atoms. The molecular weight excluding hydrogens is 108 g/mol. The summed E-state index contributed by atoms with van der Waals surface area (Å²) in [6, 6.07) is 0. The lowest BCUT2D eigenvalue weighted by Gasteiger charge is -2.09. The normalized spacial score (nSPS) is 15.8. The first-order chi connectivity index (χ1) is 3.91. The Balaban J connectivity index is 0.000000122. The van der Waals surface area contributed by atoms with Gasteiger partial charge in [0.25, 0.3) is 0 Å². The molecule has 0 aliphatic carbocycles. The maximum Gasteiger partial charge on any atom is 0.0662 e. The van der Waals surface area contributed by atoms with Crippen molar-refractivity contribution in [1.29, 1.82) is 0 Å². The maximum atomic E-state index is 7.62. The molecule has 2 N–H and O–H groups in total. The van der Waals surface area contributed by atoms with Gasteiger partial charge in [0.2, 0.25) is 0 Å². The summed E-state index contributed by atoms with van der Waals surface area (Å²) in [5, 5.41) is 15.2. The van der Waals surface area contributed by atoms with E-state index in [1.165, 1.54) is 6.42 Å². The van der Waals surface area contributed by atoms with Crippen LogP contribution in [0.1, 0.15) is 6.42 Å². The highest BCUT2D eigenvalue weighted by atomic mass is 16.5. The van der Waals surface area contributed by atoms with Gasteiger partial charge in [-0.2, -0.15) is 0 Å². The summed E-state index contributed by atoms with van der Waals surface area (Å²) in [4.78, 5) is 0.